The van der Waals surface area contributed by atoms with Gasteiger partial charge in [-0.25, -0.2) is 0 Å². The molecule has 0 aliphatic carbocycles. The Bertz CT molecular complexity index is 1360. The molecule has 37 heavy (non-hydrogen) atoms. The van der Waals surface area contributed by atoms with Crippen molar-refractivity contribution in [2.45, 2.75) is 82.1 Å². The highest BCUT2D eigenvalue weighted by Crippen LogP contribution is 2.44. The zero-order valence-electron chi connectivity index (χ0n) is 24.0. The summed E-state index contributed by atoms with van der Waals surface area (Å²) in [4.78, 5) is 31.8. The highest BCUT2D eigenvalue weighted by Gasteiger charge is 2.35. The minimum Gasteiger partial charge on any atom is -0.358 e. The number of carbonyl (C=O) groups is 2. The van der Waals surface area contributed by atoms with E-state index in [1.54, 1.807) is 0 Å². The van der Waals surface area contributed by atoms with Crippen LogP contribution < -0.4 is 10.6 Å². The van der Waals surface area contributed by atoms with Gasteiger partial charge in [0.2, 0.25) is 0 Å². The summed E-state index contributed by atoms with van der Waals surface area (Å²) in [5, 5.41) is 5.99. The van der Waals surface area contributed by atoms with E-state index in [9.17, 15) is 9.59 Å². The van der Waals surface area contributed by atoms with Crippen LogP contribution in [0.4, 0.5) is 0 Å². The molecule has 0 saturated carbocycles. The first kappa shape index (κ1) is 26.5. The van der Waals surface area contributed by atoms with Crippen molar-refractivity contribution in [3.8, 4) is 0 Å². The van der Waals surface area contributed by atoms with E-state index in [-0.39, 0.29) is 23.1 Å². The van der Waals surface area contributed by atoms with E-state index in [1.165, 1.54) is 33.6 Å². The maximum absolute atomic E-state index is 12.2. The topological polar surface area (TPSA) is 89.8 Å². The summed E-state index contributed by atoms with van der Waals surface area (Å²) in [6.45, 7) is 23.1. The normalized spacial score (nSPS) is 19.5. The van der Waals surface area contributed by atoms with Crippen molar-refractivity contribution >= 4 is 24.0 Å². The molecule has 0 radical (unpaired) electrons. The van der Waals surface area contributed by atoms with Gasteiger partial charge in [-0.15, -0.1) is 0 Å². The molecule has 2 aromatic heterocycles. The van der Waals surface area contributed by atoms with E-state index in [0.717, 1.165) is 45.1 Å². The predicted octanol–water partition coefficient (Wildman–Crippen LogP) is 6.37. The number of allylic oxidation sites excluding steroid dienone is 2. The first-order valence-electron chi connectivity index (χ1n) is 12.9. The average Bonchev–Trinajstić information content (AvgIpc) is 3.42. The number of hydrogen-bond donors (Lipinski definition) is 4. The Balaban J connectivity index is 1.83. The van der Waals surface area contributed by atoms with E-state index >= 15 is 0 Å². The van der Waals surface area contributed by atoms with E-state index in [4.69, 9.17) is 0 Å². The Morgan fingerprint density at radius 3 is 1.19 bits per heavy atom. The fourth-order valence-corrected chi connectivity index (χ4v) is 5.29. The lowest BCUT2D eigenvalue weighted by molar-refractivity contribution is -0.117. The molecule has 2 aliphatic heterocycles. The maximum Gasteiger partial charge on any atom is 0.251 e. The minimum atomic E-state index is -0.0824. The van der Waals surface area contributed by atoms with Crippen LogP contribution in [-0.2, 0) is 9.59 Å². The lowest BCUT2D eigenvalue weighted by Gasteiger charge is -2.31. The van der Waals surface area contributed by atoms with Crippen LogP contribution in [0, 0.1) is 33.1 Å². The second kappa shape index (κ2) is 9.09. The summed E-state index contributed by atoms with van der Waals surface area (Å²) in [5.74, 6) is 0.0166. The molecule has 2 aromatic rings. The molecule has 6 heteroatoms. The largest absolute Gasteiger partial charge is 0.358 e. The van der Waals surface area contributed by atoms with Gasteiger partial charge in [0.1, 0.15) is 0 Å². The number of amides is 2. The molecule has 4 N–H and O–H groups in total. The van der Waals surface area contributed by atoms with Gasteiger partial charge in [-0.2, -0.15) is 0 Å². The van der Waals surface area contributed by atoms with Gasteiger partial charge in [-0.05, 0) is 106 Å². The quantitative estimate of drug-likeness (QED) is 0.393. The van der Waals surface area contributed by atoms with Crippen LogP contribution in [-0.4, -0.2) is 21.8 Å². The summed E-state index contributed by atoms with van der Waals surface area (Å²) < 4.78 is 0. The SMILES string of the molecule is CC1=C(C)/C(=C\c2[nH]c(C(c3[nH]c(/C=C4/NC(=O)C(C)=C4C)c(C)c3C)C(C)(C)C)c(C)c2C)NC1=O. The number of aromatic nitrogens is 2. The van der Waals surface area contributed by atoms with Crippen molar-refractivity contribution in [3.63, 3.8) is 0 Å². The number of H-pyrrole nitrogens is 2. The van der Waals surface area contributed by atoms with Crippen molar-refractivity contribution in [1.29, 1.82) is 0 Å². The fourth-order valence-electron chi connectivity index (χ4n) is 5.29. The Kier molecular flexibility index (Phi) is 6.51. The smallest absolute Gasteiger partial charge is 0.251 e. The summed E-state index contributed by atoms with van der Waals surface area (Å²) in [7, 11) is 0. The van der Waals surface area contributed by atoms with Crippen LogP contribution in [0.15, 0.2) is 33.7 Å². The van der Waals surface area contributed by atoms with Gasteiger partial charge in [0.25, 0.3) is 11.8 Å². The lowest BCUT2D eigenvalue weighted by Crippen LogP contribution is -2.22. The molecule has 196 valence electrons. The second-order valence-corrected chi connectivity index (χ2v) is 11.7. The molecule has 4 rings (SSSR count). The van der Waals surface area contributed by atoms with Crippen LogP contribution in [0.3, 0.4) is 0 Å². The van der Waals surface area contributed by atoms with Gasteiger partial charge >= 0.3 is 0 Å². The van der Waals surface area contributed by atoms with Crippen LogP contribution in [0.2, 0.25) is 0 Å². The van der Waals surface area contributed by atoms with Gasteiger partial charge in [0.05, 0.1) is 0 Å². The highest BCUT2D eigenvalue weighted by atomic mass is 16.2. The predicted molar refractivity (Wildman–Crippen MR) is 151 cm³/mol. The van der Waals surface area contributed by atoms with E-state index in [1.807, 2.05) is 27.7 Å². The molecule has 6 nitrogen and oxygen atoms in total. The van der Waals surface area contributed by atoms with E-state index < -0.39 is 0 Å². The average molecular weight is 501 g/mol. The lowest BCUT2D eigenvalue weighted by atomic mass is 9.74. The first-order valence-corrected chi connectivity index (χ1v) is 12.9. The van der Waals surface area contributed by atoms with Gasteiger partial charge < -0.3 is 20.6 Å². The zero-order chi connectivity index (χ0) is 27.6. The molecular weight excluding hydrogens is 460 g/mol. The second-order valence-electron chi connectivity index (χ2n) is 11.7. The standard InChI is InChI=1S/C31H40N4O2/c1-14-18(5)27(32-22(14)12-24-16(3)20(7)29(36)34-24)26(31(9,10)11)28-19(6)15(2)23(33-28)13-25-17(4)21(8)30(37)35-25/h12-13,26,32-33H,1-11H3,(H,34,36)(H,35,37)/b24-12+,25-13+. The maximum atomic E-state index is 12.2. The summed E-state index contributed by atoms with van der Waals surface area (Å²) in [6, 6.07) is 0. The number of hydrogen-bond acceptors (Lipinski definition) is 2. The molecule has 0 saturated heterocycles. The van der Waals surface area contributed by atoms with Crippen LogP contribution in [0.1, 0.15) is 99.4 Å². The van der Waals surface area contributed by atoms with Gasteiger partial charge in [-0.1, -0.05) is 20.8 Å². The van der Waals surface area contributed by atoms with Crippen LogP contribution in [0.25, 0.3) is 12.2 Å². The number of aromatic amines is 2. The first-order chi connectivity index (χ1) is 17.1. The third-order valence-electron chi connectivity index (χ3n) is 8.41. The molecule has 4 heterocycles. The van der Waals surface area contributed by atoms with Crippen LogP contribution in [0.5, 0.6) is 0 Å². The molecule has 0 atom stereocenters. The summed E-state index contributed by atoms with van der Waals surface area (Å²) >= 11 is 0. The van der Waals surface area contributed by atoms with Crippen molar-refractivity contribution in [2.24, 2.45) is 5.41 Å². The Morgan fingerprint density at radius 1 is 0.568 bits per heavy atom. The van der Waals surface area contributed by atoms with Crippen molar-refractivity contribution in [2.75, 3.05) is 0 Å². The molecule has 2 aliphatic rings. The van der Waals surface area contributed by atoms with E-state index in [0.29, 0.717) is 0 Å². The Labute approximate surface area is 220 Å². The molecule has 2 amide bonds. The number of carbonyl (C=O) groups excluding carboxylic acids is 2. The van der Waals surface area contributed by atoms with Gasteiger partial charge in [0.15, 0.2) is 0 Å². The Hall–Kier alpha value is -3.54. The molecular formula is C31H40N4O2. The van der Waals surface area contributed by atoms with Crippen molar-refractivity contribution in [3.05, 3.63) is 78.7 Å². The third-order valence-corrected chi connectivity index (χ3v) is 8.41. The molecule has 0 bridgehead atoms. The number of rotatable bonds is 4. The highest BCUT2D eigenvalue weighted by molar-refractivity contribution is 6.01. The fraction of sp³-hybridized carbons (Fsp3) is 0.419. The third kappa shape index (κ3) is 4.43. The van der Waals surface area contributed by atoms with Crippen molar-refractivity contribution in [1.82, 2.24) is 20.6 Å². The Morgan fingerprint density at radius 2 is 0.919 bits per heavy atom. The van der Waals surface area contributed by atoms with E-state index in [2.05, 4.69) is 81.2 Å². The van der Waals surface area contributed by atoms with Gasteiger partial charge in [0, 0.05) is 51.2 Å². The molecule has 0 spiro atoms. The van der Waals surface area contributed by atoms with Crippen LogP contribution >= 0.6 is 0 Å². The summed E-state index contributed by atoms with van der Waals surface area (Å²) in [6.07, 6.45) is 4.11. The molecule has 0 fully saturated rings. The summed E-state index contributed by atoms with van der Waals surface area (Å²) in [5.41, 5.74) is 14.3. The zero-order valence-corrected chi connectivity index (χ0v) is 24.0. The monoisotopic (exact) mass is 500 g/mol. The minimum absolute atomic E-state index is 0.0321. The molecule has 0 unspecified atom stereocenters. The van der Waals surface area contributed by atoms with Crippen molar-refractivity contribution < 1.29 is 9.59 Å². The molecule has 0 aromatic carbocycles. The number of nitrogens with one attached hydrogen (secondary N) is 4. The van der Waals surface area contributed by atoms with Gasteiger partial charge in [-0.3, -0.25) is 9.59 Å².